The van der Waals surface area contributed by atoms with Crippen LogP contribution >= 0.6 is 0 Å². The van der Waals surface area contributed by atoms with Gasteiger partial charge in [-0.15, -0.1) is 0 Å². The second-order valence-corrected chi connectivity index (χ2v) is 4.97. The Morgan fingerprint density at radius 3 is 2.84 bits per heavy atom. The van der Waals surface area contributed by atoms with Gasteiger partial charge >= 0.3 is 0 Å². The van der Waals surface area contributed by atoms with Crippen molar-refractivity contribution in [1.82, 2.24) is 10.2 Å². The zero-order valence-corrected chi connectivity index (χ0v) is 10.8. The van der Waals surface area contributed by atoms with Crippen LogP contribution in [0, 0.1) is 6.92 Å². The van der Waals surface area contributed by atoms with Crippen LogP contribution in [-0.4, -0.2) is 49.1 Å². The van der Waals surface area contributed by atoms with E-state index in [1.54, 1.807) is 12.1 Å². The fourth-order valence-electron chi connectivity index (χ4n) is 2.51. The summed E-state index contributed by atoms with van der Waals surface area (Å²) in [5.41, 5.74) is 1.99. The molecule has 1 atom stereocenters. The number of aryl methyl sites for hydroxylation is 1. The lowest BCUT2D eigenvalue weighted by Crippen LogP contribution is -2.46. The van der Waals surface area contributed by atoms with Gasteiger partial charge in [0.05, 0.1) is 30.4 Å². The van der Waals surface area contributed by atoms with Gasteiger partial charge in [-0.3, -0.25) is 14.5 Å². The normalized spacial score (nSPS) is 22.8. The van der Waals surface area contributed by atoms with Crippen LogP contribution in [0.15, 0.2) is 18.2 Å². The smallest absolute Gasteiger partial charge is 0.261 e. The topological polar surface area (TPSA) is 58.6 Å². The third kappa shape index (κ3) is 2.15. The van der Waals surface area contributed by atoms with Gasteiger partial charge in [-0.25, -0.2) is 0 Å². The van der Waals surface area contributed by atoms with E-state index in [9.17, 15) is 9.59 Å². The molecule has 1 fully saturated rings. The van der Waals surface area contributed by atoms with Crippen LogP contribution in [0.1, 0.15) is 26.3 Å². The van der Waals surface area contributed by atoms with E-state index in [4.69, 9.17) is 4.74 Å². The molecule has 1 N–H and O–H groups in total. The number of carbonyl (C=O) groups excluding carboxylic acids is 2. The van der Waals surface area contributed by atoms with Crippen LogP contribution in [0.5, 0.6) is 0 Å². The number of carbonyl (C=O) groups is 2. The van der Waals surface area contributed by atoms with Crippen LogP contribution in [0.25, 0.3) is 0 Å². The van der Waals surface area contributed by atoms with Crippen LogP contribution in [0.3, 0.4) is 0 Å². The first-order valence-electron chi connectivity index (χ1n) is 6.46. The van der Waals surface area contributed by atoms with Gasteiger partial charge in [0, 0.05) is 13.1 Å². The van der Waals surface area contributed by atoms with E-state index in [2.05, 4.69) is 5.32 Å². The summed E-state index contributed by atoms with van der Waals surface area (Å²) in [4.78, 5) is 25.8. The number of hydrogen-bond acceptors (Lipinski definition) is 4. The number of benzene rings is 1. The first-order valence-corrected chi connectivity index (χ1v) is 6.46. The molecule has 0 aromatic heterocycles. The number of morpholine rings is 1. The van der Waals surface area contributed by atoms with Gasteiger partial charge in [0.15, 0.2) is 0 Å². The number of amides is 2. The van der Waals surface area contributed by atoms with E-state index in [1.165, 1.54) is 4.90 Å². The van der Waals surface area contributed by atoms with Gasteiger partial charge in [-0.1, -0.05) is 11.6 Å². The zero-order chi connectivity index (χ0) is 13.4. The summed E-state index contributed by atoms with van der Waals surface area (Å²) in [5.74, 6) is -0.424. The number of nitrogens with one attached hydrogen (secondary N) is 1. The molecule has 1 unspecified atom stereocenters. The van der Waals surface area contributed by atoms with E-state index in [1.807, 2.05) is 13.0 Å². The standard InChI is InChI=1S/C14H16N2O3/c1-9-2-3-11-12(6-9)14(18)16(13(11)17)8-10-7-15-4-5-19-10/h2-3,6,10,15H,4-5,7-8H2,1H3. The van der Waals surface area contributed by atoms with Crippen molar-refractivity contribution in [2.24, 2.45) is 0 Å². The van der Waals surface area contributed by atoms with E-state index in [-0.39, 0.29) is 17.9 Å². The fourth-order valence-corrected chi connectivity index (χ4v) is 2.51. The van der Waals surface area contributed by atoms with Gasteiger partial charge in [0.2, 0.25) is 0 Å². The maximum atomic E-state index is 12.3. The van der Waals surface area contributed by atoms with E-state index >= 15 is 0 Å². The Bertz CT molecular complexity index is 535. The molecule has 2 aliphatic heterocycles. The molecule has 0 saturated carbocycles. The molecular formula is C14H16N2O3. The van der Waals surface area contributed by atoms with E-state index in [0.717, 1.165) is 12.1 Å². The molecule has 2 amide bonds. The molecule has 19 heavy (non-hydrogen) atoms. The van der Waals surface area contributed by atoms with Crippen molar-refractivity contribution in [2.45, 2.75) is 13.0 Å². The van der Waals surface area contributed by atoms with Crippen molar-refractivity contribution in [3.63, 3.8) is 0 Å². The summed E-state index contributed by atoms with van der Waals surface area (Å²) in [6.45, 7) is 4.34. The highest BCUT2D eigenvalue weighted by Crippen LogP contribution is 2.24. The van der Waals surface area contributed by atoms with Crippen molar-refractivity contribution in [1.29, 1.82) is 0 Å². The molecule has 5 nitrogen and oxygen atoms in total. The quantitative estimate of drug-likeness (QED) is 0.790. The predicted octanol–water partition coefficient (Wildman–Crippen LogP) is 0.579. The SMILES string of the molecule is Cc1ccc2c(c1)C(=O)N(CC1CNCCO1)C2=O. The molecule has 0 spiro atoms. The molecule has 1 saturated heterocycles. The van der Waals surface area contributed by atoms with Gasteiger partial charge < -0.3 is 10.1 Å². The lowest BCUT2D eigenvalue weighted by molar-refractivity contribution is 0.00861. The van der Waals surface area contributed by atoms with Crippen molar-refractivity contribution in [3.05, 3.63) is 34.9 Å². The molecule has 100 valence electrons. The Labute approximate surface area is 111 Å². The monoisotopic (exact) mass is 260 g/mol. The van der Waals surface area contributed by atoms with Crippen molar-refractivity contribution >= 4 is 11.8 Å². The summed E-state index contributed by atoms with van der Waals surface area (Å²) in [6, 6.07) is 5.35. The minimum Gasteiger partial charge on any atom is -0.374 e. The second kappa shape index (κ2) is 4.75. The maximum absolute atomic E-state index is 12.3. The van der Waals surface area contributed by atoms with Crippen molar-refractivity contribution in [3.8, 4) is 0 Å². The Balaban J connectivity index is 1.81. The third-order valence-corrected chi connectivity index (χ3v) is 3.52. The largest absolute Gasteiger partial charge is 0.374 e. The Morgan fingerprint density at radius 2 is 2.11 bits per heavy atom. The minimum atomic E-state index is -0.214. The molecule has 3 rings (SSSR count). The van der Waals surface area contributed by atoms with Crippen LogP contribution in [0.4, 0.5) is 0 Å². The number of nitrogens with zero attached hydrogens (tertiary/aromatic N) is 1. The average Bonchev–Trinajstić information content (AvgIpc) is 2.65. The summed E-state index contributed by atoms with van der Waals surface area (Å²) >= 11 is 0. The molecule has 0 aliphatic carbocycles. The lowest BCUT2D eigenvalue weighted by Gasteiger charge is -2.26. The number of fused-ring (bicyclic) bond motifs is 1. The van der Waals surface area contributed by atoms with Crippen LogP contribution in [0.2, 0.25) is 0 Å². The van der Waals surface area contributed by atoms with Crippen LogP contribution < -0.4 is 5.32 Å². The van der Waals surface area contributed by atoms with Crippen molar-refractivity contribution < 1.29 is 14.3 Å². The molecule has 2 heterocycles. The number of rotatable bonds is 2. The maximum Gasteiger partial charge on any atom is 0.261 e. The summed E-state index contributed by atoms with van der Waals surface area (Å²) in [5, 5.41) is 3.19. The minimum absolute atomic E-state index is 0.114. The summed E-state index contributed by atoms with van der Waals surface area (Å²) in [7, 11) is 0. The lowest BCUT2D eigenvalue weighted by atomic mass is 10.1. The fraction of sp³-hybridized carbons (Fsp3) is 0.429. The van der Waals surface area contributed by atoms with E-state index in [0.29, 0.717) is 30.8 Å². The summed E-state index contributed by atoms with van der Waals surface area (Å²) < 4.78 is 5.55. The zero-order valence-electron chi connectivity index (χ0n) is 10.8. The molecule has 0 radical (unpaired) electrons. The highest BCUT2D eigenvalue weighted by molar-refractivity contribution is 6.21. The van der Waals surface area contributed by atoms with Gasteiger partial charge in [-0.05, 0) is 19.1 Å². The molecule has 5 heteroatoms. The first kappa shape index (κ1) is 12.3. The Hall–Kier alpha value is -1.72. The van der Waals surface area contributed by atoms with Gasteiger partial charge in [0.1, 0.15) is 0 Å². The van der Waals surface area contributed by atoms with Crippen LogP contribution in [-0.2, 0) is 4.74 Å². The second-order valence-electron chi connectivity index (χ2n) is 4.97. The van der Waals surface area contributed by atoms with Crippen molar-refractivity contribution in [2.75, 3.05) is 26.2 Å². The molecule has 1 aromatic carbocycles. The molecule has 0 bridgehead atoms. The highest BCUT2D eigenvalue weighted by atomic mass is 16.5. The predicted molar refractivity (Wildman–Crippen MR) is 69.2 cm³/mol. The van der Waals surface area contributed by atoms with Gasteiger partial charge in [-0.2, -0.15) is 0 Å². The number of imide groups is 1. The number of ether oxygens (including phenoxy) is 1. The summed E-state index contributed by atoms with van der Waals surface area (Å²) in [6.07, 6.45) is -0.114. The molecular weight excluding hydrogens is 244 g/mol. The number of hydrogen-bond donors (Lipinski definition) is 1. The Morgan fingerprint density at radius 1 is 1.32 bits per heavy atom. The Kier molecular flexibility index (Phi) is 3.08. The van der Waals surface area contributed by atoms with E-state index < -0.39 is 0 Å². The third-order valence-electron chi connectivity index (χ3n) is 3.52. The highest BCUT2D eigenvalue weighted by Gasteiger charge is 2.37. The van der Waals surface area contributed by atoms with Gasteiger partial charge in [0.25, 0.3) is 11.8 Å². The molecule has 2 aliphatic rings. The first-order chi connectivity index (χ1) is 9.16. The molecule has 1 aromatic rings. The average molecular weight is 260 g/mol.